The van der Waals surface area contributed by atoms with Crippen molar-refractivity contribution in [2.45, 2.75) is 45.4 Å². The third-order valence-corrected chi connectivity index (χ3v) is 4.07. The van der Waals surface area contributed by atoms with Gasteiger partial charge in [-0.1, -0.05) is 0 Å². The van der Waals surface area contributed by atoms with Gasteiger partial charge in [0.05, 0.1) is 0 Å². The lowest BCUT2D eigenvalue weighted by atomic mass is 9.95. The van der Waals surface area contributed by atoms with Crippen LogP contribution in [0.15, 0.2) is 0 Å². The zero-order valence-corrected chi connectivity index (χ0v) is 11.7. The van der Waals surface area contributed by atoms with Crippen LogP contribution in [0.5, 0.6) is 0 Å². The van der Waals surface area contributed by atoms with E-state index in [9.17, 15) is 0 Å². The number of hydrogen-bond donors (Lipinski definition) is 1. The average Bonchev–Trinajstić information content (AvgIpc) is 2.92. The number of aryl methyl sites for hydroxylation is 1. The summed E-state index contributed by atoms with van der Waals surface area (Å²) in [4.78, 5) is 9.57. The zero-order valence-electron chi connectivity index (χ0n) is 11.7. The van der Waals surface area contributed by atoms with Crippen LogP contribution in [-0.2, 0) is 24.0 Å². The fraction of sp³-hybridized carbons (Fsp3) is 0.733. The maximum absolute atomic E-state index is 5.45. The third kappa shape index (κ3) is 2.89. The molecule has 1 unspecified atom stereocenters. The summed E-state index contributed by atoms with van der Waals surface area (Å²) in [6, 6.07) is 0. The van der Waals surface area contributed by atoms with Crippen molar-refractivity contribution in [2.75, 3.05) is 25.1 Å². The quantitative estimate of drug-likeness (QED) is 0.904. The molecule has 1 aliphatic carbocycles. The molecule has 0 radical (unpaired) electrons. The molecule has 1 aromatic rings. The van der Waals surface area contributed by atoms with Gasteiger partial charge in [-0.15, -0.1) is 0 Å². The molecule has 1 saturated heterocycles. The molecule has 2 heterocycles. The summed E-state index contributed by atoms with van der Waals surface area (Å²) in [5, 5.41) is 3.42. The van der Waals surface area contributed by atoms with Crippen molar-refractivity contribution in [1.82, 2.24) is 9.97 Å². The highest BCUT2D eigenvalue weighted by molar-refractivity contribution is 5.47. The summed E-state index contributed by atoms with van der Waals surface area (Å²) < 4.78 is 5.45. The minimum atomic E-state index is 0.608. The van der Waals surface area contributed by atoms with E-state index in [-0.39, 0.29) is 0 Å². The first-order chi connectivity index (χ1) is 9.36. The average molecular weight is 261 g/mol. The number of nitrogens with one attached hydrogen (secondary N) is 1. The minimum Gasteiger partial charge on any atom is -0.381 e. The zero-order chi connectivity index (χ0) is 13.1. The first-order valence-electron chi connectivity index (χ1n) is 7.57. The summed E-state index contributed by atoms with van der Waals surface area (Å²) in [5.41, 5.74) is 2.64. The van der Waals surface area contributed by atoms with Gasteiger partial charge in [-0.3, -0.25) is 0 Å². The van der Waals surface area contributed by atoms with Crippen molar-refractivity contribution in [3.8, 4) is 0 Å². The van der Waals surface area contributed by atoms with Gasteiger partial charge >= 0.3 is 0 Å². The molecule has 3 rings (SSSR count). The Morgan fingerprint density at radius 3 is 2.95 bits per heavy atom. The van der Waals surface area contributed by atoms with E-state index in [0.29, 0.717) is 5.92 Å². The highest BCUT2D eigenvalue weighted by atomic mass is 16.5. The molecule has 2 aliphatic rings. The smallest absolute Gasteiger partial charge is 0.133 e. The number of hydrogen-bond acceptors (Lipinski definition) is 4. The molecule has 0 aromatic carbocycles. The first-order valence-corrected chi connectivity index (χ1v) is 7.57. The SMILES string of the molecule is CCNc1nc(CC2CCOC2)nc2c1CCCC2. The number of nitrogens with zero attached hydrogens (tertiary/aromatic N) is 2. The predicted octanol–water partition coefficient (Wildman–Crippen LogP) is 2.37. The van der Waals surface area contributed by atoms with Crippen LogP contribution in [-0.4, -0.2) is 29.7 Å². The van der Waals surface area contributed by atoms with E-state index in [0.717, 1.165) is 57.1 Å². The van der Waals surface area contributed by atoms with Crippen molar-refractivity contribution in [3.05, 3.63) is 17.1 Å². The Hall–Kier alpha value is -1.16. The molecule has 4 heteroatoms. The highest BCUT2D eigenvalue weighted by Gasteiger charge is 2.21. The second-order valence-corrected chi connectivity index (χ2v) is 5.58. The summed E-state index contributed by atoms with van der Waals surface area (Å²) in [5.74, 6) is 2.70. The molecule has 1 aliphatic heterocycles. The van der Waals surface area contributed by atoms with Gasteiger partial charge < -0.3 is 10.1 Å². The molecule has 0 spiro atoms. The van der Waals surface area contributed by atoms with E-state index in [4.69, 9.17) is 14.7 Å². The predicted molar refractivity (Wildman–Crippen MR) is 75.5 cm³/mol. The molecular formula is C15H23N3O. The van der Waals surface area contributed by atoms with Gasteiger partial charge in [0.1, 0.15) is 11.6 Å². The van der Waals surface area contributed by atoms with Gasteiger partial charge in [-0.05, 0) is 44.9 Å². The Morgan fingerprint density at radius 1 is 1.26 bits per heavy atom. The lowest BCUT2D eigenvalue weighted by Crippen LogP contribution is -2.16. The van der Waals surface area contributed by atoms with Crippen molar-refractivity contribution < 1.29 is 4.74 Å². The van der Waals surface area contributed by atoms with Crippen molar-refractivity contribution in [2.24, 2.45) is 5.92 Å². The molecular weight excluding hydrogens is 238 g/mol. The topological polar surface area (TPSA) is 47.0 Å². The Labute approximate surface area is 115 Å². The first kappa shape index (κ1) is 12.9. The molecule has 0 amide bonds. The van der Waals surface area contributed by atoms with Crippen LogP contribution in [0.2, 0.25) is 0 Å². The van der Waals surface area contributed by atoms with Crippen LogP contribution in [0.4, 0.5) is 5.82 Å². The number of ether oxygens (including phenoxy) is 1. The van der Waals surface area contributed by atoms with Gasteiger partial charge in [0.15, 0.2) is 0 Å². The van der Waals surface area contributed by atoms with Crippen molar-refractivity contribution in [3.63, 3.8) is 0 Å². The molecule has 104 valence electrons. The molecule has 1 fully saturated rings. The van der Waals surface area contributed by atoms with Crippen LogP contribution in [0.1, 0.15) is 43.3 Å². The monoisotopic (exact) mass is 261 g/mol. The number of anilines is 1. The number of fused-ring (bicyclic) bond motifs is 1. The molecule has 1 N–H and O–H groups in total. The summed E-state index contributed by atoms with van der Waals surface area (Å²) in [6.07, 6.45) is 6.89. The van der Waals surface area contributed by atoms with E-state index >= 15 is 0 Å². The van der Waals surface area contributed by atoms with Crippen molar-refractivity contribution >= 4 is 5.82 Å². The number of aromatic nitrogens is 2. The lowest BCUT2D eigenvalue weighted by Gasteiger charge is -2.20. The van der Waals surface area contributed by atoms with Crippen LogP contribution >= 0.6 is 0 Å². The van der Waals surface area contributed by atoms with E-state index in [1.807, 2.05) is 0 Å². The van der Waals surface area contributed by atoms with E-state index in [1.54, 1.807) is 0 Å². The van der Waals surface area contributed by atoms with Gasteiger partial charge in [-0.25, -0.2) is 9.97 Å². The van der Waals surface area contributed by atoms with Crippen LogP contribution in [0.25, 0.3) is 0 Å². The molecule has 4 nitrogen and oxygen atoms in total. The maximum atomic E-state index is 5.45. The van der Waals surface area contributed by atoms with Crippen LogP contribution in [0.3, 0.4) is 0 Å². The van der Waals surface area contributed by atoms with Crippen LogP contribution < -0.4 is 5.32 Å². The van der Waals surface area contributed by atoms with Gasteiger partial charge in [0.2, 0.25) is 0 Å². The van der Waals surface area contributed by atoms with Crippen molar-refractivity contribution in [1.29, 1.82) is 0 Å². The standard InChI is InChI=1S/C15H23N3O/c1-2-16-15-12-5-3-4-6-13(12)17-14(18-15)9-11-7-8-19-10-11/h11H,2-10H2,1H3,(H,16,17,18). The van der Waals surface area contributed by atoms with Gasteiger partial charge in [0.25, 0.3) is 0 Å². The maximum Gasteiger partial charge on any atom is 0.133 e. The van der Waals surface area contributed by atoms with E-state index < -0.39 is 0 Å². The van der Waals surface area contributed by atoms with Crippen LogP contribution in [0, 0.1) is 5.92 Å². The Balaban J connectivity index is 1.85. The third-order valence-electron chi connectivity index (χ3n) is 4.07. The highest BCUT2D eigenvalue weighted by Crippen LogP contribution is 2.26. The Bertz CT molecular complexity index is 441. The Kier molecular flexibility index (Phi) is 3.97. The fourth-order valence-electron chi connectivity index (χ4n) is 3.05. The fourth-order valence-corrected chi connectivity index (χ4v) is 3.05. The largest absolute Gasteiger partial charge is 0.381 e. The summed E-state index contributed by atoms with van der Waals surface area (Å²) in [6.45, 7) is 4.82. The summed E-state index contributed by atoms with van der Waals surface area (Å²) in [7, 11) is 0. The molecule has 0 saturated carbocycles. The second kappa shape index (κ2) is 5.87. The minimum absolute atomic E-state index is 0.608. The van der Waals surface area contributed by atoms with E-state index in [1.165, 1.54) is 24.1 Å². The van der Waals surface area contributed by atoms with E-state index in [2.05, 4.69) is 12.2 Å². The molecule has 0 bridgehead atoms. The normalized spacial score (nSPS) is 22.3. The second-order valence-electron chi connectivity index (χ2n) is 5.58. The van der Waals surface area contributed by atoms with Gasteiger partial charge in [-0.2, -0.15) is 0 Å². The summed E-state index contributed by atoms with van der Waals surface area (Å²) >= 11 is 0. The molecule has 1 atom stereocenters. The molecule has 19 heavy (non-hydrogen) atoms. The lowest BCUT2D eigenvalue weighted by molar-refractivity contribution is 0.185. The number of rotatable bonds is 4. The molecule has 1 aromatic heterocycles. The Morgan fingerprint density at radius 2 is 2.16 bits per heavy atom. The van der Waals surface area contributed by atoms with Gasteiger partial charge in [0, 0.05) is 37.4 Å².